The van der Waals surface area contributed by atoms with Gasteiger partial charge in [-0.05, 0) is 83.0 Å². The van der Waals surface area contributed by atoms with E-state index in [2.05, 4.69) is 87.1 Å². The van der Waals surface area contributed by atoms with Crippen molar-refractivity contribution in [2.24, 2.45) is 0 Å². The van der Waals surface area contributed by atoms with E-state index in [1.807, 2.05) is 6.92 Å². The van der Waals surface area contributed by atoms with Crippen molar-refractivity contribution >= 4 is 17.1 Å². The van der Waals surface area contributed by atoms with Crippen LogP contribution >= 0.6 is 17.1 Å². The Labute approximate surface area is 294 Å². The third-order valence-electron chi connectivity index (χ3n) is 6.72. The van der Waals surface area contributed by atoms with Crippen LogP contribution in [0.5, 0.6) is 0 Å². The summed E-state index contributed by atoms with van der Waals surface area (Å²) in [5.41, 5.74) is 0. The lowest BCUT2D eigenvalue weighted by atomic mass is 10.1. The molecule has 0 amide bonds. The Morgan fingerprint density at radius 3 is 1.62 bits per heavy atom. The fraction of sp³-hybridized carbons (Fsp3) is 0.938. The topological polar surface area (TPSA) is 170 Å². The highest BCUT2D eigenvalue weighted by Gasteiger charge is 2.43. The third-order valence-corrected chi connectivity index (χ3v) is 11.0. The molecule has 2 aliphatic rings. The molecule has 0 radical (unpaired) electrons. The van der Waals surface area contributed by atoms with Gasteiger partial charge in [-0.2, -0.15) is 10.5 Å². The molecule has 278 valence electrons. The summed E-state index contributed by atoms with van der Waals surface area (Å²) in [6.45, 7) is 21.3. The molecule has 2 aliphatic heterocycles. The van der Waals surface area contributed by atoms with Gasteiger partial charge in [0.1, 0.15) is 12.2 Å². The first-order chi connectivity index (χ1) is 24.1. The minimum Gasteiger partial charge on any atom is -0.400 e. The first-order valence-electron chi connectivity index (χ1n) is 18.4. The maximum Gasteiger partial charge on any atom is 0.259 e. The van der Waals surface area contributed by atoms with Crippen LogP contribution in [0.25, 0.3) is 0 Å². The average molecular weight is 719 g/mol. The largest absolute Gasteiger partial charge is 0.400 e. The van der Waals surface area contributed by atoms with E-state index < -0.39 is 35.4 Å². The van der Waals surface area contributed by atoms with Gasteiger partial charge in [0.25, 0.3) is 17.1 Å². The predicted molar refractivity (Wildman–Crippen MR) is 187 cm³/mol. The second-order valence-corrected chi connectivity index (χ2v) is 14.7. The summed E-state index contributed by atoms with van der Waals surface area (Å²) in [6, 6.07) is 5.09. The molecule has 47 heavy (non-hydrogen) atoms. The van der Waals surface area contributed by atoms with Crippen LogP contribution in [0.4, 0.5) is 0 Å². The van der Waals surface area contributed by atoms with Crippen LogP contribution in [-0.2, 0) is 27.6 Å². The van der Waals surface area contributed by atoms with Gasteiger partial charge in [0, 0.05) is 47.5 Å². The minimum atomic E-state index is -1.44. The van der Waals surface area contributed by atoms with Crippen molar-refractivity contribution in [1.29, 1.82) is 13.4 Å². The Hall–Kier alpha value is -0.600. The molecule has 0 bridgehead atoms. The molecule has 0 aromatic rings. The lowest BCUT2D eigenvalue weighted by Crippen LogP contribution is -2.38. The van der Waals surface area contributed by atoms with Crippen molar-refractivity contribution in [3.63, 3.8) is 0 Å². The van der Waals surface area contributed by atoms with Gasteiger partial charge in [-0.3, -0.25) is 0 Å². The van der Waals surface area contributed by atoms with E-state index in [4.69, 9.17) is 43.7 Å². The van der Waals surface area contributed by atoms with Gasteiger partial charge >= 0.3 is 0 Å². The van der Waals surface area contributed by atoms with Crippen LogP contribution in [0, 0.1) is 22.7 Å². The molecule has 4 unspecified atom stereocenters. The van der Waals surface area contributed by atoms with Crippen LogP contribution in [-0.4, -0.2) is 122 Å². The molecule has 9 atom stereocenters. The number of nitrogens with zero attached hydrogens (tertiary/aromatic N) is 4. The maximum absolute atomic E-state index is 10.3. The molecular formula is C32H66N4O9P2. The molecule has 2 saturated heterocycles. The number of ether oxygens (including phenoxy) is 2. The zero-order valence-electron chi connectivity index (χ0n) is 34.7. The van der Waals surface area contributed by atoms with Gasteiger partial charge in [-0.1, -0.05) is 0 Å². The highest BCUT2D eigenvalue weighted by Crippen LogP contribution is 2.50. The highest BCUT2D eigenvalue weighted by molar-refractivity contribution is 7.44. The molecule has 0 spiro atoms. The number of aliphatic hydroxyl groups excluding tert-OH is 3. The number of nitriles is 2. The summed E-state index contributed by atoms with van der Waals surface area (Å²) >= 11 is 0. The van der Waals surface area contributed by atoms with Gasteiger partial charge in [0.05, 0.1) is 68.7 Å². The first kappa shape index (κ1) is 40.8. The molecule has 3 N–H and O–H groups in total. The van der Waals surface area contributed by atoms with Crippen LogP contribution in [0.3, 0.4) is 0 Å². The Balaban J connectivity index is 0. The molecule has 2 rings (SSSR count). The Morgan fingerprint density at radius 1 is 0.809 bits per heavy atom. The van der Waals surface area contributed by atoms with Crippen molar-refractivity contribution in [2.45, 2.75) is 169 Å². The molecule has 13 nitrogen and oxygen atoms in total. The lowest BCUT2D eigenvalue weighted by molar-refractivity contribution is 0.0283. The van der Waals surface area contributed by atoms with Gasteiger partial charge in [0.15, 0.2) is 0 Å². The first-order valence-corrected chi connectivity index (χ1v) is 18.4. The van der Waals surface area contributed by atoms with E-state index in [1.165, 1.54) is 14.2 Å². The summed E-state index contributed by atoms with van der Waals surface area (Å²) in [6.07, 6.45) is -0.965. The molecule has 0 saturated carbocycles. The van der Waals surface area contributed by atoms with Crippen LogP contribution in [0.1, 0.15) is 105 Å². The van der Waals surface area contributed by atoms with E-state index in [-0.39, 0.29) is 75.4 Å². The van der Waals surface area contributed by atoms with Gasteiger partial charge in [-0.25, -0.2) is 9.34 Å². The van der Waals surface area contributed by atoms with Crippen LogP contribution < -0.4 is 0 Å². The zero-order valence-corrected chi connectivity index (χ0v) is 32.5. The normalized spacial score (nSPS) is 27.8. The molecule has 0 aliphatic carbocycles. The molecular weight excluding hydrogens is 646 g/mol. The quantitative estimate of drug-likeness (QED) is 0.128. The lowest BCUT2D eigenvalue weighted by Gasteiger charge is -2.37. The summed E-state index contributed by atoms with van der Waals surface area (Å²) in [4.78, 5) is 0. The van der Waals surface area contributed by atoms with Crippen molar-refractivity contribution in [3.8, 4) is 12.1 Å². The van der Waals surface area contributed by atoms with Gasteiger partial charge in [0.2, 0.25) is 2.86 Å². The van der Waals surface area contributed by atoms with Crippen molar-refractivity contribution in [3.05, 3.63) is 0 Å². The summed E-state index contributed by atoms with van der Waals surface area (Å²) in [7, 11) is -0.120. The molecule has 0 aromatic carbocycles. The number of rotatable bonds is 16. The fourth-order valence-corrected chi connectivity index (χ4v) is 8.42. The van der Waals surface area contributed by atoms with Crippen molar-refractivity contribution in [2.75, 3.05) is 27.4 Å². The standard InChI is InChI=1S/C15H29N2O4P.C15H29N2O3P.2CH4O/c1-10(2)17(11(3)4)22(19-9-7-8-16)21-15-13(6)20-12(5)14(15)18;1-11(2)17(12(3)4)21(18-9-7-8-16)20-15-10-13(5)19-14(15)6;2*1-2/h10-15,18H,7,9H2,1-6H3;11-15H,7,9-10H2,1-6H3;2*2H,1H3/t12-,13+,14+,15?,22?;13-,14+,15?,21?;;/m00../s1/i2*6D;2*2T. The second-order valence-electron chi connectivity index (χ2n) is 11.9. The van der Waals surface area contributed by atoms with Crippen molar-refractivity contribution < 1.29 is 45.6 Å². The Kier molecular flexibility index (Phi) is 23.6. The van der Waals surface area contributed by atoms with E-state index >= 15 is 0 Å². The third kappa shape index (κ3) is 17.8. The summed E-state index contributed by atoms with van der Waals surface area (Å²) in [5, 5.41) is 34.7. The molecule has 2 heterocycles. The minimum absolute atomic E-state index is 0.0246. The van der Waals surface area contributed by atoms with Crippen LogP contribution in [0.15, 0.2) is 0 Å². The van der Waals surface area contributed by atoms with E-state index in [0.29, 0.717) is 13.0 Å². The predicted octanol–water partition coefficient (Wildman–Crippen LogP) is 5.88. The SMILES string of the molecule is [2H]C[C@H]1O[C@@H](C)CC1OP(OCCC#N)N(C(C)C)C(C)C.[2H]C[C@H]1O[C@@H](C)[C@@H](O)C1OP(OCCC#N)N(C(C)C)C(C)C.[3H]OC.[3H]OC. The number of hydrogen-bond donors (Lipinski definition) is 3. The van der Waals surface area contributed by atoms with E-state index in [0.717, 1.165) is 6.42 Å². The number of hydrogen-bond acceptors (Lipinski definition) is 13. The molecule has 15 heteroatoms. The van der Waals surface area contributed by atoms with E-state index in [1.54, 1.807) is 6.92 Å². The zero-order chi connectivity index (χ0) is 39.7. The second kappa shape index (κ2) is 27.2. The summed E-state index contributed by atoms with van der Waals surface area (Å²) < 4.78 is 66.3. The monoisotopic (exact) mass is 718 g/mol. The fourth-order valence-electron chi connectivity index (χ4n) is 4.89. The Bertz CT molecular complexity index is 926. The number of aliphatic hydroxyl groups is 3. The molecule has 0 aromatic heterocycles. The molecule has 2 fully saturated rings. The van der Waals surface area contributed by atoms with Gasteiger partial charge < -0.3 is 42.9 Å². The highest BCUT2D eigenvalue weighted by atomic mass is 31.2. The van der Waals surface area contributed by atoms with E-state index in [9.17, 15) is 5.11 Å². The average Bonchev–Trinajstić information content (AvgIpc) is 3.54. The maximum atomic E-state index is 10.3. The smallest absolute Gasteiger partial charge is 0.259 e. The Morgan fingerprint density at radius 2 is 1.23 bits per heavy atom. The van der Waals surface area contributed by atoms with Crippen LogP contribution in [0.2, 0.25) is 0 Å². The van der Waals surface area contributed by atoms with Crippen molar-refractivity contribution in [1.82, 2.24) is 9.34 Å². The summed E-state index contributed by atoms with van der Waals surface area (Å²) in [5.74, 6) is 0. The van der Waals surface area contributed by atoms with Gasteiger partial charge in [-0.15, -0.1) is 0 Å².